The minimum atomic E-state index is 0. The molecule has 0 aliphatic heterocycles. The molecule has 4 heteroatoms. The zero-order valence-corrected chi connectivity index (χ0v) is 14.3. The first-order chi connectivity index (χ1) is 9.56. The Morgan fingerprint density at radius 1 is 1.14 bits per heavy atom. The molecule has 0 aromatic heterocycles. The van der Waals surface area contributed by atoms with E-state index >= 15 is 0 Å². The second-order valence-electron chi connectivity index (χ2n) is 5.54. The average molecular weight is 313 g/mol. The molecule has 1 aromatic rings. The molecule has 0 heterocycles. The number of benzene rings is 1. The molecule has 1 aromatic carbocycles. The van der Waals surface area contributed by atoms with E-state index < -0.39 is 0 Å². The van der Waals surface area contributed by atoms with Crippen molar-refractivity contribution < 1.29 is 4.79 Å². The van der Waals surface area contributed by atoms with E-state index in [2.05, 4.69) is 26.1 Å². The lowest BCUT2D eigenvalue weighted by molar-refractivity contribution is -0.121. The number of nitrogens with one attached hydrogen (secondary N) is 1. The number of aryl methyl sites for hydroxylation is 1. The van der Waals surface area contributed by atoms with Gasteiger partial charge in [-0.05, 0) is 42.7 Å². The van der Waals surface area contributed by atoms with Gasteiger partial charge < -0.3 is 11.1 Å². The van der Waals surface area contributed by atoms with Crippen LogP contribution in [0.15, 0.2) is 24.3 Å². The normalized spacial score (nSPS) is 10.8. The molecule has 3 nitrogen and oxygen atoms in total. The summed E-state index contributed by atoms with van der Waals surface area (Å²) >= 11 is 0. The Balaban J connectivity index is 0.00000400. The first-order valence-electron chi connectivity index (χ1n) is 7.67. The number of nitrogen functional groups attached to an aromatic ring is 1. The fourth-order valence-electron chi connectivity index (χ4n) is 2.51. The number of hydrogen-bond donors (Lipinski definition) is 2. The maximum absolute atomic E-state index is 12.0. The maximum atomic E-state index is 12.0. The number of carbonyl (C=O) groups is 1. The SMILES string of the molecule is CCC(CC)(CC)CNC(=O)CCc1ccccc1N.Cl. The molecule has 0 atom stereocenters. The summed E-state index contributed by atoms with van der Waals surface area (Å²) in [7, 11) is 0. The first-order valence-corrected chi connectivity index (χ1v) is 7.67. The van der Waals surface area contributed by atoms with Crippen molar-refractivity contribution in [3.8, 4) is 0 Å². The molecule has 0 spiro atoms. The van der Waals surface area contributed by atoms with Gasteiger partial charge in [-0.3, -0.25) is 4.79 Å². The molecule has 0 aliphatic carbocycles. The predicted octanol–water partition coefficient (Wildman–Crippen LogP) is 3.96. The van der Waals surface area contributed by atoms with Crippen LogP contribution in [0, 0.1) is 5.41 Å². The Kier molecular flexibility index (Phi) is 9.11. The van der Waals surface area contributed by atoms with Gasteiger partial charge in [0.15, 0.2) is 0 Å². The molecule has 21 heavy (non-hydrogen) atoms. The van der Waals surface area contributed by atoms with Crippen molar-refractivity contribution in [2.75, 3.05) is 12.3 Å². The minimum absolute atomic E-state index is 0. The maximum Gasteiger partial charge on any atom is 0.220 e. The molecular formula is C17H29ClN2O. The van der Waals surface area contributed by atoms with Gasteiger partial charge in [-0.2, -0.15) is 0 Å². The van der Waals surface area contributed by atoms with Gasteiger partial charge in [-0.1, -0.05) is 39.0 Å². The summed E-state index contributed by atoms with van der Waals surface area (Å²) in [6.07, 6.45) is 4.51. The fraction of sp³-hybridized carbons (Fsp3) is 0.588. The third-order valence-electron chi connectivity index (χ3n) is 4.59. The second-order valence-corrected chi connectivity index (χ2v) is 5.54. The fourth-order valence-corrected chi connectivity index (χ4v) is 2.51. The van der Waals surface area contributed by atoms with Crippen LogP contribution in [0.25, 0.3) is 0 Å². The van der Waals surface area contributed by atoms with Crippen LogP contribution in [0.2, 0.25) is 0 Å². The van der Waals surface area contributed by atoms with Gasteiger partial charge in [0.05, 0.1) is 0 Å². The highest BCUT2D eigenvalue weighted by molar-refractivity contribution is 5.85. The lowest BCUT2D eigenvalue weighted by Gasteiger charge is -2.30. The van der Waals surface area contributed by atoms with Gasteiger partial charge in [-0.25, -0.2) is 0 Å². The molecule has 0 fully saturated rings. The van der Waals surface area contributed by atoms with E-state index in [4.69, 9.17) is 5.73 Å². The number of anilines is 1. The number of para-hydroxylation sites is 1. The number of hydrogen-bond acceptors (Lipinski definition) is 2. The van der Waals surface area contributed by atoms with Crippen molar-refractivity contribution in [3.05, 3.63) is 29.8 Å². The van der Waals surface area contributed by atoms with Crippen LogP contribution < -0.4 is 11.1 Å². The summed E-state index contributed by atoms with van der Waals surface area (Å²) in [5, 5.41) is 3.09. The highest BCUT2D eigenvalue weighted by Crippen LogP contribution is 2.29. The molecule has 0 bridgehead atoms. The standard InChI is InChI=1S/C17H28N2O.ClH/c1-4-17(5-2,6-3)13-19-16(20)12-11-14-9-7-8-10-15(14)18;/h7-10H,4-6,11-13,18H2,1-3H3,(H,19,20);1H. The van der Waals surface area contributed by atoms with Crippen LogP contribution >= 0.6 is 12.4 Å². The van der Waals surface area contributed by atoms with Crippen LogP contribution in [-0.2, 0) is 11.2 Å². The lowest BCUT2D eigenvalue weighted by Crippen LogP contribution is -2.36. The van der Waals surface area contributed by atoms with Crippen LogP contribution in [-0.4, -0.2) is 12.5 Å². The number of carbonyl (C=O) groups excluding carboxylic acids is 1. The summed E-state index contributed by atoms with van der Waals surface area (Å²) in [6, 6.07) is 7.73. The second kappa shape index (κ2) is 9.67. The average Bonchev–Trinajstić information content (AvgIpc) is 2.48. The van der Waals surface area contributed by atoms with E-state index in [1.54, 1.807) is 0 Å². The lowest BCUT2D eigenvalue weighted by atomic mass is 9.80. The van der Waals surface area contributed by atoms with Crippen LogP contribution in [0.3, 0.4) is 0 Å². The third kappa shape index (κ3) is 5.96. The Morgan fingerprint density at radius 3 is 2.24 bits per heavy atom. The Morgan fingerprint density at radius 2 is 1.71 bits per heavy atom. The van der Waals surface area contributed by atoms with Crippen LogP contribution in [0.4, 0.5) is 5.69 Å². The van der Waals surface area contributed by atoms with Gasteiger partial charge in [0.25, 0.3) is 0 Å². The van der Waals surface area contributed by atoms with E-state index in [1.807, 2.05) is 24.3 Å². The first kappa shape index (κ1) is 19.8. The molecule has 0 unspecified atom stereocenters. The number of nitrogens with two attached hydrogens (primary N) is 1. The van der Waals surface area contributed by atoms with Gasteiger partial charge in [0, 0.05) is 18.7 Å². The molecule has 1 amide bonds. The van der Waals surface area contributed by atoms with Crippen LogP contribution in [0.1, 0.15) is 52.0 Å². The molecule has 1 rings (SSSR count). The molecule has 0 aliphatic rings. The Labute approximate surface area is 135 Å². The zero-order valence-electron chi connectivity index (χ0n) is 13.4. The van der Waals surface area contributed by atoms with E-state index in [9.17, 15) is 4.79 Å². The van der Waals surface area contributed by atoms with Crippen molar-refractivity contribution in [3.63, 3.8) is 0 Å². The highest BCUT2D eigenvalue weighted by Gasteiger charge is 2.24. The largest absolute Gasteiger partial charge is 0.399 e. The number of rotatable bonds is 8. The smallest absolute Gasteiger partial charge is 0.220 e. The molecular weight excluding hydrogens is 284 g/mol. The van der Waals surface area contributed by atoms with E-state index in [1.165, 1.54) is 0 Å². The van der Waals surface area contributed by atoms with Gasteiger partial charge in [-0.15, -0.1) is 12.4 Å². The molecule has 0 radical (unpaired) electrons. The van der Waals surface area contributed by atoms with E-state index in [0.29, 0.717) is 12.8 Å². The summed E-state index contributed by atoms with van der Waals surface area (Å²) in [5.74, 6) is 0.118. The van der Waals surface area contributed by atoms with E-state index in [-0.39, 0.29) is 23.7 Å². The van der Waals surface area contributed by atoms with E-state index in [0.717, 1.165) is 37.1 Å². The Bertz CT molecular complexity index is 422. The third-order valence-corrected chi connectivity index (χ3v) is 4.59. The monoisotopic (exact) mass is 312 g/mol. The van der Waals surface area contributed by atoms with Crippen LogP contribution in [0.5, 0.6) is 0 Å². The number of amides is 1. The topological polar surface area (TPSA) is 55.1 Å². The summed E-state index contributed by atoms with van der Waals surface area (Å²) in [5.41, 5.74) is 7.95. The Hall–Kier alpha value is -1.22. The molecule has 0 saturated carbocycles. The van der Waals surface area contributed by atoms with Crippen molar-refractivity contribution in [1.82, 2.24) is 5.32 Å². The molecule has 120 valence electrons. The summed E-state index contributed by atoms with van der Waals surface area (Å²) in [4.78, 5) is 12.0. The van der Waals surface area contributed by atoms with Crippen molar-refractivity contribution in [1.29, 1.82) is 0 Å². The zero-order chi connectivity index (χ0) is 15.0. The van der Waals surface area contributed by atoms with Crippen molar-refractivity contribution in [2.45, 2.75) is 52.9 Å². The quantitative estimate of drug-likeness (QED) is 0.714. The summed E-state index contributed by atoms with van der Waals surface area (Å²) < 4.78 is 0. The predicted molar refractivity (Wildman–Crippen MR) is 92.7 cm³/mol. The molecule has 3 N–H and O–H groups in total. The van der Waals surface area contributed by atoms with Gasteiger partial charge in [0.1, 0.15) is 0 Å². The van der Waals surface area contributed by atoms with Gasteiger partial charge >= 0.3 is 0 Å². The van der Waals surface area contributed by atoms with Gasteiger partial charge in [0.2, 0.25) is 5.91 Å². The van der Waals surface area contributed by atoms with Crippen molar-refractivity contribution >= 4 is 24.0 Å². The minimum Gasteiger partial charge on any atom is -0.399 e. The number of halogens is 1. The molecule has 0 saturated heterocycles. The summed E-state index contributed by atoms with van der Waals surface area (Å²) in [6.45, 7) is 7.37. The van der Waals surface area contributed by atoms with Crippen molar-refractivity contribution in [2.24, 2.45) is 5.41 Å². The highest BCUT2D eigenvalue weighted by atomic mass is 35.5.